The number of aryl methyl sites for hydroxylation is 1. The van der Waals surface area contributed by atoms with Gasteiger partial charge in [-0.25, -0.2) is 4.98 Å². The highest BCUT2D eigenvalue weighted by Gasteiger charge is 2.24. The Morgan fingerprint density at radius 3 is 2.89 bits per heavy atom. The zero-order chi connectivity index (χ0) is 13.0. The minimum atomic E-state index is -0.0837. The van der Waals surface area contributed by atoms with Crippen molar-refractivity contribution in [3.8, 4) is 0 Å². The van der Waals surface area contributed by atoms with Gasteiger partial charge in [0.15, 0.2) is 5.82 Å². The molecule has 1 atom stereocenters. The van der Waals surface area contributed by atoms with Crippen LogP contribution in [0, 0.1) is 0 Å². The van der Waals surface area contributed by atoms with E-state index in [1.807, 2.05) is 0 Å². The van der Waals surface area contributed by atoms with E-state index < -0.39 is 0 Å². The molecule has 100 valence electrons. The lowest BCUT2D eigenvalue weighted by atomic mass is 10.2. The lowest BCUT2D eigenvalue weighted by molar-refractivity contribution is -0.0327. The molecular formula is C12H21N5O. The van der Waals surface area contributed by atoms with E-state index in [1.54, 1.807) is 0 Å². The van der Waals surface area contributed by atoms with Gasteiger partial charge in [-0.05, 0) is 13.0 Å². The number of nitrogens with two attached hydrogens (primary N) is 1. The zero-order valence-electron chi connectivity index (χ0n) is 11.1. The fourth-order valence-electron chi connectivity index (χ4n) is 2.08. The van der Waals surface area contributed by atoms with Crippen molar-refractivity contribution in [2.75, 3.05) is 32.0 Å². The van der Waals surface area contributed by atoms with Crippen molar-refractivity contribution in [3.05, 3.63) is 11.6 Å². The van der Waals surface area contributed by atoms with Crippen molar-refractivity contribution in [2.45, 2.75) is 32.8 Å². The van der Waals surface area contributed by atoms with Crippen molar-refractivity contribution < 1.29 is 4.74 Å². The molecule has 2 N–H and O–H groups in total. The normalized spacial score (nSPS) is 21.1. The van der Waals surface area contributed by atoms with Crippen molar-refractivity contribution in [3.63, 3.8) is 0 Å². The molecule has 1 aliphatic heterocycles. The number of hydrogen-bond donors (Lipinski definition) is 1. The molecule has 1 fully saturated rings. The van der Waals surface area contributed by atoms with Gasteiger partial charge in [0.05, 0.1) is 6.61 Å². The third kappa shape index (κ3) is 3.14. The van der Waals surface area contributed by atoms with Crippen LogP contribution < -0.4 is 5.73 Å². The summed E-state index contributed by atoms with van der Waals surface area (Å²) in [6.45, 7) is 7.76. The summed E-state index contributed by atoms with van der Waals surface area (Å²) in [5.74, 6) is 1.72. The molecule has 0 radical (unpaired) electrons. The van der Waals surface area contributed by atoms with Gasteiger partial charge < -0.3 is 10.5 Å². The van der Waals surface area contributed by atoms with Crippen LogP contribution in [-0.2, 0) is 11.2 Å². The summed E-state index contributed by atoms with van der Waals surface area (Å²) >= 11 is 0. The number of anilines is 1. The quantitative estimate of drug-likeness (QED) is 0.853. The number of nitrogens with zero attached hydrogens (tertiary/aromatic N) is 4. The minimum Gasteiger partial charge on any atom is -0.368 e. The second-order valence-electron chi connectivity index (χ2n) is 4.47. The monoisotopic (exact) mass is 251 g/mol. The molecule has 0 aromatic carbocycles. The van der Waals surface area contributed by atoms with Crippen LogP contribution in [0.4, 0.5) is 5.95 Å². The molecule has 1 aromatic heterocycles. The highest BCUT2D eigenvalue weighted by molar-refractivity contribution is 5.17. The summed E-state index contributed by atoms with van der Waals surface area (Å²) in [5, 5.41) is 0. The van der Waals surface area contributed by atoms with E-state index in [4.69, 9.17) is 10.5 Å². The predicted octanol–water partition coefficient (Wildman–Crippen LogP) is 0.799. The van der Waals surface area contributed by atoms with Gasteiger partial charge >= 0.3 is 0 Å². The second-order valence-corrected chi connectivity index (χ2v) is 4.47. The van der Waals surface area contributed by atoms with E-state index in [9.17, 15) is 0 Å². The van der Waals surface area contributed by atoms with Gasteiger partial charge in [-0.15, -0.1) is 0 Å². The Hall–Kier alpha value is -1.27. The van der Waals surface area contributed by atoms with Crippen molar-refractivity contribution >= 4 is 5.95 Å². The Balaban J connectivity index is 2.16. The molecule has 2 rings (SSSR count). The molecular weight excluding hydrogens is 230 g/mol. The third-order valence-corrected chi connectivity index (χ3v) is 3.08. The Morgan fingerprint density at radius 2 is 2.17 bits per heavy atom. The fourth-order valence-corrected chi connectivity index (χ4v) is 2.08. The van der Waals surface area contributed by atoms with Crippen molar-refractivity contribution in [1.82, 2.24) is 19.9 Å². The Morgan fingerprint density at radius 1 is 1.33 bits per heavy atom. The average Bonchev–Trinajstić information content (AvgIpc) is 2.38. The fraction of sp³-hybridized carbons (Fsp3) is 0.750. The van der Waals surface area contributed by atoms with E-state index in [-0.39, 0.29) is 6.10 Å². The molecule has 0 aliphatic carbocycles. The number of nitrogen functional groups attached to an aromatic ring is 1. The molecule has 2 heterocycles. The van der Waals surface area contributed by atoms with Gasteiger partial charge in [-0.3, -0.25) is 4.90 Å². The van der Waals surface area contributed by atoms with Crippen LogP contribution in [-0.4, -0.2) is 46.1 Å². The summed E-state index contributed by atoms with van der Waals surface area (Å²) in [7, 11) is 0. The first kappa shape index (κ1) is 13.2. The maximum Gasteiger partial charge on any atom is 0.223 e. The molecule has 1 aromatic rings. The van der Waals surface area contributed by atoms with Crippen LogP contribution >= 0.6 is 0 Å². The van der Waals surface area contributed by atoms with Crippen LogP contribution in [0.5, 0.6) is 0 Å². The first-order valence-electron chi connectivity index (χ1n) is 6.57. The lowest BCUT2D eigenvalue weighted by Gasteiger charge is -2.31. The summed E-state index contributed by atoms with van der Waals surface area (Å²) in [4.78, 5) is 15.1. The maximum atomic E-state index is 5.73. The van der Waals surface area contributed by atoms with E-state index in [0.29, 0.717) is 18.4 Å². The number of ether oxygens (including phenoxy) is 1. The van der Waals surface area contributed by atoms with Crippen LogP contribution in [0.1, 0.15) is 38.0 Å². The largest absolute Gasteiger partial charge is 0.368 e. The van der Waals surface area contributed by atoms with Gasteiger partial charge in [0, 0.05) is 19.5 Å². The number of rotatable bonds is 4. The third-order valence-electron chi connectivity index (χ3n) is 3.08. The maximum absolute atomic E-state index is 5.73. The van der Waals surface area contributed by atoms with Crippen molar-refractivity contribution in [2.24, 2.45) is 0 Å². The predicted molar refractivity (Wildman–Crippen MR) is 69.0 cm³/mol. The second kappa shape index (κ2) is 6.06. The molecule has 6 heteroatoms. The number of aromatic nitrogens is 3. The van der Waals surface area contributed by atoms with E-state index in [0.717, 1.165) is 38.3 Å². The van der Waals surface area contributed by atoms with Crippen LogP contribution in [0.3, 0.4) is 0 Å². The summed E-state index contributed by atoms with van der Waals surface area (Å²) < 4.78 is 5.73. The molecule has 0 saturated carbocycles. The molecule has 0 spiro atoms. The Bertz CT molecular complexity index is 398. The molecule has 1 saturated heterocycles. The van der Waals surface area contributed by atoms with Crippen LogP contribution in [0.2, 0.25) is 0 Å². The molecule has 0 amide bonds. The highest BCUT2D eigenvalue weighted by Crippen LogP contribution is 2.19. The Labute approximate surface area is 108 Å². The summed E-state index contributed by atoms with van der Waals surface area (Å²) in [6, 6.07) is 0. The van der Waals surface area contributed by atoms with Gasteiger partial charge in [0.25, 0.3) is 0 Å². The lowest BCUT2D eigenvalue weighted by Crippen LogP contribution is -2.38. The van der Waals surface area contributed by atoms with Gasteiger partial charge in [-0.1, -0.05) is 13.8 Å². The smallest absolute Gasteiger partial charge is 0.223 e. The van der Waals surface area contributed by atoms with Gasteiger partial charge in [-0.2, -0.15) is 9.97 Å². The first-order valence-corrected chi connectivity index (χ1v) is 6.57. The van der Waals surface area contributed by atoms with Crippen LogP contribution in [0.15, 0.2) is 0 Å². The van der Waals surface area contributed by atoms with E-state index >= 15 is 0 Å². The number of likely N-dealkylation sites (N-methyl/N-ethyl adjacent to an activating group) is 1. The number of hydrogen-bond acceptors (Lipinski definition) is 6. The van der Waals surface area contributed by atoms with Crippen molar-refractivity contribution in [1.29, 1.82) is 0 Å². The van der Waals surface area contributed by atoms with Gasteiger partial charge in [0.1, 0.15) is 11.9 Å². The summed E-state index contributed by atoms with van der Waals surface area (Å²) in [6.07, 6.45) is 1.74. The summed E-state index contributed by atoms with van der Waals surface area (Å²) in [5.41, 5.74) is 5.73. The molecule has 6 nitrogen and oxygen atoms in total. The van der Waals surface area contributed by atoms with E-state index in [2.05, 4.69) is 33.7 Å². The van der Waals surface area contributed by atoms with Crippen LogP contribution in [0.25, 0.3) is 0 Å². The number of morpholine rings is 1. The standard InChI is InChI=1S/C12H21N5O/c1-3-5-10-14-11(16-12(13)15-10)9-8-17(4-2)6-7-18-9/h9H,3-8H2,1-2H3,(H2,13,14,15,16). The minimum absolute atomic E-state index is 0.0837. The Kier molecular flexibility index (Phi) is 4.43. The highest BCUT2D eigenvalue weighted by atomic mass is 16.5. The topological polar surface area (TPSA) is 77.2 Å². The molecule has 1 unspecified atom stereocenters. The van der Waals surface area contributed by atoms with E-state index in [1.165, 1.54) is 0 Å². The van der Waals surface area contributed by atoms with Gasteiger partial charge in [0.2, 0.25) is 5.95 Å². The molecule has 1 aliphatic rings. The SMILES string of the molecule is CCCc1nc(N)nc(C2CN(CC)CCO2)n1. The average molecular weight is 251 g/mol. The molecule has 0 bridgehead atoms. The zero-order valence-corrected chi connectivity index (χ0v) is 11.1. The first-order chi connectivity index (χ1) is 8.72. The molecule has 18 heavy (non-hydrogen) atoms.